The molecule has 0 saturated carbocycles. The third-order valence-electron chi connectivity index (χ3n) is 0.927. The van der Waals surface area contributed by atoms with Crippen molar-refractivity contribution in [3.8, 4) is 0 Å². The van der Waals surface area contributed by atoms with Gasteiger partial charge in [0.05, 0.1) is 6.54 Å². The summed E-state index contributed by atoms with van der Waals surface area (Å²) in [7, 11) is 0. The molecular formula is C3H5N3. The smallest absolute Gasteiger partial charge is 0.137 e. The standard InChI is InChI=1S/C3H5N3/c1-3(4-1)6-2-5-6/h5H,1-2H2. The molecule has 32 valence electrons. The predicted octanol–water partition coefficient (Wildman–Crippen LogP) is -0.824. The molecule has 0 radical (unpaired) electrons. The molecule has 0 aromatic heterocycles. The van der Waals surface area contributed by atoms with E-state index in [2.05, 4.69) is 10.4 Å². The number of amidine groups is 1. The molecule has 3 nitrogen and oxygen atoms in total. The van der Waals surface area contributed by atoms with Gasteiger partial charge in [-0.05, 0) is 0 Å². The van der Waals surface area contributed by atoms with Crippen molar-refractivity contribution in [1.29, 1.82) is 0 Å². The van der Waals surface area contributed by atoms with Crippen molar-refractivity contribution >= 4 is 5.84 Å². The maximum absolute atomic E-state index is 3.94. The summed E-state index contributed by atoms with van der Waals surface area (Å²) in [6, 6.07) is 0. The highest BCUT2D eigenvalue weighted by molar-refractivity contribution is 5.95. The van der Waals surface area contributed by atoms with E-state index < -0.39 is 0 Å². The largest absolute Gasteiger partial charge is 0.277 e. The van der Waals surface area contributed by atoms with Crippen LogP contribution in [0.5, 0.6) is 0 Å². The van der Waals surface area contributed by atoms with Crippen LogP contribution in [0.2, 0.25) is 0 Å². The second kappa shape index (κ2) is 0.586. The van der Waals surface area contributed by atoms with Gasteiger partial charge in [0.25, 0.3) is 0 Å². The first kappa shape index (κ1) is 2.58. The topological polar surface area (TPSA) is 37.3 Å². The molecule has 0 aromatic carbocycles. The van der Waals surface area contributed by atoms with Crippen LogP contribution in [-0.4, -0.2) is 24.1 Å². The first-order valence-corrected chi connectivity index (χ1v) is 2.01. The van der Waals surface area contributed by atoms with E-state index in [-0.39, 0.29) is 0 Å². The molecule has 2 heterocycles. The summed E-state index contributed by atoms with van der Waals surface area (Å²) in [4.78, 5) is 3.94. The maximum atomic E-state index is 3.94. The molecule has 2 aliphatic rings. The van der Waals surface area contributed by atoms with Crippen LogP contribution < -0.4 is 5.43 Å². The zero-order valence-corrected chi connectivity index (χ0v) is 3.31. The molecular weight excluding hydrogens is 78.1 g/mol. The van der Waals surface area contributed by atoms with Crippen molar-refractivity contribution in [2.24, 2.45) is 4.99 Å². The first-order valence-electron chi connectivity index (χ1n) is 2.01. The van der Waals surface area contributed by atoms with Gasteiger partial charge in [-0.2, -0.15) is 0 Å². The molecule has 1 saturated heterocycles. The van der Waals surface area contributed by atoms with Crippen LogP contribution in [0, 0.1) is 0 Å². The molecule has 6 heavy (non-hydrogen) atoms. The van der Waals surface area contributed by atoms with Gasteiger partial charge in [-0.15, -0.1) is 0 Å². The highest BCUT2D eigenvalue weighted by Gasteiger charge is 2.26. The lowest BCUT2D eigenvalue weighted by Crippen LogP contribution is -2.00. The Balaban J connectivity index is 2.07. The van der Waals surface area contributed by atoms with Crippen molar-refractivity contribution in [2.75, 3.05) is 13.2 Å². The minimum absolute atomic E-state index is 0.965. The maximum Gasteiger partial charge on any atom is 0.137 e. The van der Waals surface area contributed by atoms with Crippen LogP contribution in [0.1, 0.15) is 0 Å². The Bertz CT molecular complexity index is 103. The van der Waals surface area contributed by atoms with Gasteiger partial charge in [-0.25, -0.2) is 5.43 Å². The quantitative estimate of drug-likeness (QED) is 0.388. The van der Waals surface area contributed by atoms with E-state index in [1.807, 2.05) is 5.01 Å². The molecule has 0 atom stereocenters. The highest BCUT2D eigenvalue weighted by Crippen LogP contribution is 2.06. The van der Waals surface area contributed by atoms with Gasteiger partial charge < -0.3 is 0 Å². The number of nitrogens with one attached hydrogen (secondary N) is 1. The van der Waals surface area contributed by atoms with E-state index in [4.69, 9.17) is 0 Å². The molecule has 3 heteroatoms. The van der Waals surface area contributed by atoms with E-state index in [1.165, 1.54) is 5.84 Å². The summed E-state index contributed by atoms with van der Waals surface area (Å²) >= 11 is 0. The molecule has 2 rings (SSSR count). The summed E-state index contributed by atoms with van der Waals surface area (Å²) in [5, 5.41) is 2.03. The average Bonchev–Trinajstić information content (AvgIpc) is 2.26. The fourth-order valence-electron chi connectivity index (χ4n) is 0.424. The second-order valence-electron chi connectivity index (χ2n) is 1.48. The molecule has 0 aliphatic carbocycles. The van der Waals surface area contributed by atoms with Crippen LogP contribution in [-0.2, 0) is 0 Å². The summed E-state index contributed by atoms with van der Waals surface area (Å²) in [6.07, 6.45) is 0. The zero-order valence-electron chi connectivity index (χ0n) is 3.31. The summed E-state index contributed by atoms with van der Waals surface area (Å²) < 4.78 is 0. The van der Waals surface area contributed by atoms with Gasteiger partial charge in [-0.1, -0.05) is 0 Å². The van der Waals surface area contributed by atoms with Crippen LogP contribution >= 0.6 is 0 Å². The number of hydrazine groups is 1. The molecule has 0 spiro atoms. The Morgan fingerprint density at radius 1 is 1.83 bits per heavy atom. The van der Waals surface area contributed by atoms with Gasteiger partial charge in [0.15, 0.2) is 0 Å². The minimum atomic E-state index is 0.965. The van der Waals surface area contributed by atoms with Crippen molar-refractivity contribution in [3.05, 3.63) is 0 Å². The summed E-state index contributed by atoms with van der Waals surface area (Å²) in [6.45, 7) is 1.98. The Morgan fingerprint density at radius 2 is 2.50 bits per heavy atom. The number of rotatable bonds is 0. The van der Waals surface area contributed by atoms with Crippen molar-refractivity contribution in [3.63, 3.8) is 0 Å². The Labute approximate surface area is 35.6 Å². The van der Waals surface area contributed by atoms with E-state index in [9.17, 15) is 0 Å². The van der Waals surface area contributed by atoms with Crippen LogP contribution in [0.15, 0.2) is 4.99 Å². The van der Waals surface area contributed by atoms with Gasteiger partial charge in [0, 0.05) is 0 Å². The predicted molar refractivity (Wildman–Crippen MR) is 22.1 cm³/mol. The van der Waals surface area contributed by atoms with Gasteiger partial charge in [-0.3, -0.25) is 10.0 Å². The van der Waals surface area contributed by atoms with E-state index >= 15 is 0 Å². The summed E-state index contributed by atoms with van der Waals surface area (Å²) in [5.41, 5.74) is 3.00. The first-order chi connectivity index (χ1) is 2.97. The van der Waals surface area contributed by atoms with Crippen LogP contribution in [0.3, 0.4) is 0 Å². The Hall–Kier alpha value is -0.570. The molecule has 0 aromatic rings. The SMILES string of the molecule is C1N=C1N1CN1. The van der Waals surface area contributed by atoms with Crippen LogP contribution in [0.4, 0.5) is 0 Å². The van der Waals surface area contributed by atoms with Crippen molar-refractivity contribution in [2.45, 2.75) is 0 Å². The van der Waals surface area contributed by atoms with Gasteiger partial charge >= 0.3 is 0 Å². The minimum Gasteiger partial charge on any atom is -0.277 e. The molecule has 0 unspecified atom stereocenters. The van der Waals surface area contributed by atoms with Crippen molar-refractivity contribution < 1.29 is 0 Å². The van der Waals surface area contributed by atoms with Crippen LogP contribution in [0.25, 0.3) is 0 Å². The number of aliphatic imine (C=N–C) groups is 1. The number of hydrogen-bond donors (Lipinski definition) is 1. The fraction of sp³-hybridized carbons (Fsp3) is 0.667. The second-order valence-corrected chi connectivity index (χ2v) is 1.48. The van der Waals surface area contributed by atoms with E-state index in [0.717, 1.165) is 13.2 Å². The lowest BCUT2D eigenvalue weighted by atomic mass is 10.8. The molecule has 0 amide bonds. The van der Waals surface area contributed by atoms with Gasteiger partial charge in [0.2, 0.25) is 0 Å². The molecule has 0 bridgehead atoms. The lowest BCUT2D eigenvalue weighted by Gasteiger charge is -1.77. The molecule has 2 aliphatic heterocycles. The highest BCUT2D eigenvalue weighted by atomic mass is 15.7. The molecule has 1 fully saturated rings. The monoisotopic (exact) mass is 83.0 g/mol. The van der Waals surface area contributed by atoms with Gasteiger partial charge in [0.1, 0.15) is 12.5 Å². The lowest BCUT2D eigenvalue weighted by molar-refractivity contribution is 0.785. The van der Waals surface area contributed by atoms with E-state index in [0.29, 0.717) is 0 Å². The van der Waals surface area contributed by atoms with Crippen molar-refractivity contribution in [1.82, 2.24) is 10.4 Å². The fourth-order valence-corrected chi connectivity index (χ4v) is 0.424. The molecule has 1 N–H and O–H groups in total. The third kappa shape index (κ3) is 0.228. The third-order valence-corrected chi connectivity index (χ3v) is 0.927. The average molecular weight is 83.1 g/mol. The number of nitrogens with zero attached hydrogens (tertiary/aromatic N) is 2. The normalized spacial score (nSPS) is 26.7. The zero-order chi connectivity index (χ0) is 3.98. The Morgan fingerprint density at radius 3 is 2.67 bits per heavy atom. The van der Waals surface area contributed by atoms with E-state index in [1.54, 1.807) is 0 Å². The Kier molecular flexibility index (Phi) is 0.252. The summed E-state index contributed by atoms with van der Waals surface area (Å²) in [5.74, 6) is 1.22. The number of hydrogen-bond acceptors (Lipinski definition) is 3.